The molecule has 0 heterocycles. The van der Waals surface area contributed by atoms with Crippen molar-refractivity contribution >= 4 is 0 Å². The number of nitroso groups, excluding NO2 is 1. The molecule has 0 aromatic carbocycles. The van der Waals surface area contributed by atoms with Crippen molar-refractivity contribution in [3.8, 4) is 0 Å². The van der Waals surface area contributed by atoms with Crippen LogP contribution < -0.4 is 0 Å². The zero-order valence-electron chi connectivity index (χ0n) is 6.46. The van der Waals surface area contributed by atoms with Gasteiger partial charge in [-0.05, 0) is 12.8 Å². The molecule has 9 heavy (non-hydrogen) atoms. The maximum atomic E-state index is 9.93. The van der Waals surface area contributed by atoms with E-state index in [0.717, 1.165) is 0 Å². The van der Waals surface area contributed by atoms with Gasteiger partial charge in [0.25, 0.3) is 0 Å². The van der Waals surface area contributed by atoms with Crippen molar-refractivity contribution in [2.45, 2.75) is 26.8 Å². The van der Waals surface area contributed by atoms with Crippen molar-refractivity contribution in [1.82, 2.24) is 5.01 Å². The predicted octanol–water partition coefficient (Wildman–Crippen LogP) is 1.64. The van der Waals surface area contributed by atoms with Gasteiger partial charge in [-0.2, -0.15) is 0 Å². The summed E-state index contributed by atoms with van der Waals surface area (Å²) in [5, 5.41) is 4.23. The maximum absolute atomic E-state index is 9.93. The second-order valence-corrected chi connectivity index (χ2v) is 2.64. The predicted molar refractivity (Wildman–Crippen MR) is 37.9 cm³/mol. The van der Waals surface area contributed by atoms with Gasteiger partial charge in [0.2, 0.25) is 0 Å². The molecule has 1 atom stereocenters. The Balaban J connectivity index is 3.71. The summed E-state index contributed by atoms with van der Waals surface area (Å²) in [5.74, 6) is 0.479. The van der Waals surface area contributed by atoms with Crippen LogP contribution in [0.1, 0.15) is 20.8 Å². The molecular formula is C6H14N2O. The Bertz CT molecular complexity index is 93.1. The van der Waals surface area contributed by atoms with E-state index >= 15 is 0 Å². The summed E-state index contributed by atoms with van der Waals surface area (Å²) in [6, 6.07) is 0.238. The molecule has 0 amide bonds. The fourth-order valence-electron chi connectivity index (χ4n) is 0.506. The van der Waals surface area contributed by atoms with Crippen molar-refractivity contribution in [2.75, 3.05) is 7.05 Å². The van der Waals surface area contributed by atoms with Gasteiger partial charge in [0.15, 0.2) is 0 Å². The molecule has 0 N–H and O–H groups in total. The Morgan fingerprint density at radius 2 is 1.78 bits per heavy atom. The van der Waals surface area contributed by atoms with Crippen LogP contribution in [0, 0.1) is 10.8 Å². The summed E-state index contributed by atoms with van der Waals surface area (Å²) < 4.78 is 0. The van der Waals surface area contributed by atoms with E-state index in [9.17, 15) is 4.91 Å². The van der Waals surface area contributed by atoms with E-state index in [0.29, 0.717) is 5.92 Å². The maximum Gasteiger partial charge on any atom is 0.0523 e. The molecule has 3 nitrogen and oxygen atoms in total. The van der Waals surface area contributed by atoms with Gasteiger partial charge in [-0.3, -0.25) is 5.01 Å². The molecule has 0 spiro atoms. The lowest BCUT2D eigenvalue weighted by Crippen LogP contribution is -2.28. The van der Waals surface area contributed by atoms with Crippen molar-refractivity contribution in [2.24, 2.45) is 11.2 Å². The molecule has 0 rings (SSSR count). The third kappa shape index (κ3) is 2.44. The van der Waals surface area contributed by atoms with E-state index in [-0.39, 0.29) is 6.04 Å². The molecule has 3 heteroatoms. The van der Waals surface area contributed by atoms with Crippen LogP contribution in [-0.2, 0) is 0 Å². The first-order chi connectivity index (χ1) is 4.09. The lowest BCUT2D eigenvalue weighted by molar-refractivity contribution is 0.214. The number of hydrogen-bond acceptors (Lipinski definition) is 2. The van der Waals surface area contributed by atoms with E-state index in [2.05, 4.69) is 19.1 Å². The van der Waals surface area contributed by atoms with Gasteiger partial charge in [0.1, 0.15) is 0 Å². The molecule has 54 valence electrons. The van der Waals surface area contributed by atoms with Crippen LogP contribution in [0.25, 0.3) is 0 Å². The lowest BCUT2D eigenvalue weighted by atomic mass is 10.1. The molecule has 1 unspecified atom stereocenters. The average molecular weight is 130 g/mol. The van der Waals surface area contributed by atoms with E-state index in [1.165, 1.54) is 5.01 Å². The molecule has 0 saturated carbocycles. The zero-order chi connectivity index (χ0) is 7.44. The van der Waals surface area contributed by atoms with Gasteiger partial charge in [-0.25, -0.2) is 0 Å². The first-order valence-corrected chi connectivity index (χ1v) is 3.15. The van der Waals surface area contributed by atoms with Crippen LogP contribution in [0.4, 0.5) is 0 Å². The van der Waals surface area contributed by atoms with Gasteiger partial charge >= 0.3 is 0 Å². The summed E-state index contributed by atoms with van der Waals surface area (Å²) >= 11 is 0. The van der Waals surface area contributed by atoms with E-state index in [4.69, 9.17) is 0 Å². The van der Waals surface area contributed by atoms with Crippen LogP contribution in [0.3, 0.4) is 0 Å². The number of hydrogen-bond donors (Lipinski definition) is 0. The molecular weight excluding hydrogens is 116 g/mol. The highest BCUT2D eigenvalue weighted by Gasteiger charge is 2.10. The molecule has 0 aliphatic carbocycles. The number of nitrogens with zero attached hydrogens (tertiary/aromatic N) is 2. The van der Waals surface area contributed by atoms with Gasteiger partial charge in [-0.1, -0.05) is 13.8 Å². The second kappa shape index (κ2) is 3.43. The van der Waals surface area contributed by atoms with Gasteiger partial charge < -0.3 is 0 Å². The lowest BCUT2D eigenvalue weighted by Gasteiger charge is -2.21. The first kappa shape index (κ1) is 8.40. The van der Waals surface area contributed by atoms with Crippen LogP contribution in [-0.4, -0.2) is 18.1 Å². The Morgan fingerprint density at radius 3 is 1.89 bits per heavy atom. The Morgan fingerprint density at radius 1 is 1.33 bits per heavy atom. The highest BCUT2D eigenvalue weighted by molar-refractivity contribution is 4.62. The quantitative estimate of drug-likeness (QED) is 0.430. The molecule has 0 bridgehead atoms. The SMILES string of the molecule is CC(C)C(C)N(C)N=O. The topological polar surface area (TPSA) is 32.7 Å². The third-order valence-electron chi connectivity index (χ3n) is 1.68. The summed E-state index contributed by atoms with van der Waals surface area (Å²) in [4.78, 5) is 9.93. The third-order valence-corrected chi connectivity index (χ3v) is 1.68. The van der Waals surface area contributed by atoms with Gasteiger partial charge in [0.05, 0.1) is 5.29 Å². The summed E-state index contributed by atoms with van der Waals surface area (Å²) in [6.45, 7) is 6.10. The molecule has 0 radical (unpaired) electrons. The fraction of sp³-hybridized carbons (Fsp3) is 1.00. The largest absolute Gasteiger partial charge is 0.261 e. The van der Waals surface area contributed by atoms with Crippen LogP contribution >= 0.6 is 0 Å². The summed E-state index contributed by atoms with van der Waals surface area (Å²) in [5.41, 5.74) is 0. The van der Waals surface area contributed by atoms with E-state index < -0.39 is 0 Å². The highest BCUT2D eigenvalue weighted by Crippen LogP contribution is 2.06. The Hall–Kier alpha value is -0.600. The van der Waals surface area contributed by atoms with Crippen LogP contribution in [0.5, 0.6) is 0 Å². The number of rotatable bonds is 3. The molecule has 0 saturated heterocycles. The molecule has 0 aromatic rings. The standard InChI is InChI=1S/C6H14N2O/c1-5(2)6(3)8(4)7-9/h5-6H,1-4H3. The Kier molecular flexibility index (Phi) is 3.20. The monoisotopic (exact) mass is 130 g/mol. The molecule has 0 aromatic heterocycles. The van der Waals surface area contributed by atoms with Crippen molar-refractivity contribution < 1.29 is 0 Å². The first-order valence-electron chi connectivity index (χ1n) is 3.15. The zero-order valence-corrected chi connectivity index (χ0v) is 6.46. The van der Waals surface area contributed by atoms with Crippen molar-refractivity contribution in [3.63, 3.8) is 0 Å². The highest BCUT2D eigenvalue weighted by atomic mass is 16.3. The minimum Gasteiger partial charge on any atom is -0.261 e. The summed E-state index contributed by atoms with van der Waals surface area (Å²) in [7, 11) is 1.69. The van der Waals surface area contributed by atoms with Crippen molar-refractivity contribution in [1.29, 1.82) is 0 Å². The minimum atomic E-state index is 0.238. The molecule has 0 aliphatic heterocycles. The normalized spacial score (nSPS) is 13.4. The Labute approximate surface area is 56.0 Å². The van der Waals surface area contributed by atoms with Gasteiger partial charge in [0, 0.05) is 13.1 Å². The van der Waals surface area contributed by atoms with E-state index in [1.807, 2.05) is 6.92 Å². The molecule has 0 fully saturated rings. The van der Waals surface area contributed by atoms with Crippen molar-refractivity contribution in [3.05, 3.63) is 4.91 Å². The molecule has 0 aliphatic rings. The van der Waals surface area contributed by atoms with Crippen LogP contribution in [0.2, 0.25) is 0 Å². The average Bonchev–Trinajstić information content (AvgIpc) is 1.84. The van der Waals surface area contributed by atoms with E-state index in [1.54, 1.807) is 7.05 Å². The van der Waals surface area contributed by atoms with Gasteiger partial charge in [-0.15, -0.1) is 4.91 Å². The summed E-state index contributed by atoms with van der Waals surface area (Å²) in [6.07, 6.45) is 0. The van der Waals surface area contributed by atoms with Crippen LogP contribution in [0.15, 0.2) is 5.29 Å². The fourth-order valence-corrected chi connectivity index (χ4v) is 0.506. The minimum absolute atomic E-state index is 0.238. The second-order valence-electron chi connectivity index (χ2n) is 2.64. The smallest absolute Gasteiger partial charge is 0.0523 e.